The van der Waals surface area contributed by atoms with Crippen LogP contribution in [0.1, 0.15) is 23.4 Å². The van der Waals surface area contributed by atoms with Crippen LogP contribution in [0.3, 0.4) is 0 Å². The highest BCUT2D eigenvalue weighted by molar-refractivity contribution is 7.10. The molecule has 1 unspecified atom stereocenters. The van der Waals surface area contributed by atoms with Crippen molar-refractivity contribution in [2.24, 2.45) is 0 Å². The summed E-state index contributed by atoms with van der Waals surface area (Å²) in [4.78, 5) is 1.01. The van der Waals surface area contributed by atoms with Gasteiger partial charge in [0.05, 0.1) is 7.11 Å². The monoisotopic (exact) mass is 297 g/mol. The zero-order chi connectivity index (χ0) is 14.5. The Bertz CT molecular complexity index is 551. The van der Waals surface area contributed by atoms with E-state index in [4.69, 9.17) is 4.74 Å². The minimum atomic E-state index is -0.503. The molecule has 0 spiro atoms. The second kappa shape index (κ2) is 6.81. The Hall–Kier alpha value is -1.46. The predicted octanol–water partition coefficient (Wildman–Crippen LogP) is 3.93. The molecule has 0 saturated carbocycles. The molecule has 1 aromatic carbocycles. The number of methoxy groups -OCH3 is 1. The molecule has 1 aromatic heterocycles. The van der Waals surface area contributed by atoms with Crippen molar-refractivity contribution >= 4 is 11.3 Å². The lowest BCUT2D eigenvalue weighted by Crippen LogP contribution is -2.23. The minimum absolute atomic E-state index is 0.116. The molecule has 0 aliphatic rings. The third-order valence-corrected chi connectivity index (χ3v) is 4.12. The van der Waals surface area contributed by atoms with Gasteiger partial charge < -0.3 is 10.1 Å². The van der Waals surface area contributed by atoms with Gasteiger partial charge in [-0.25, -0.2) is 8.78 Å². The Balaban J connectivity index is 2.25. The van der Waals surface area contributed by atoms with Gasteiger partial charge in [0.2, 0.25) is 0 Å². The normalized spacial score (nSPS) is 12.4. The maximum atomic E-state index is 13.7. The smallest absolute Gasteiger partial charge is 0.129 e. The van der Waals surface area contributed by atoms with E-state index in [9.17, 15) is 8.78 Å². The first-order valence-corrected chi connectivity index (χ1v) is 7.32. The molecular weight excluding hydrogens is 280 g/mol. The summed E-state index contributed by atoms with van der Waals surface area (Å²) in [5, 5.41) is 5.15. The number of nitrogens with one attached hydrogen (secondary N) is 1. The second-order valence-corrected chi connectivity index (χ2v) is 5.35. The first kappa shape index (κ1) is 14.9. The van der Waals surface area contributed by atoms with Crippen molar-refractivity contribution in [1.29, 1.82) is 0 Å². The van der Waals surface area contributed by atoms with Gasteiger partial charge in [-0.15, -0.1) is 11.3 Å². The first-order chi connectivity index (χ1) is 9.65. The van der Waals surface area contributed by atoms with E-state index in [-0.39, 0.29) is 18.0 Å². The highest BCUT2D eigenvalue weighted by Crippen LogP contribution is 2.30. The molecule has 0 radical (unpaired) electrons. The van der Waals surface area contributed by atoms with Gasteiger partial charge in [-0.05, 0) is 31.2 Å². The maximum absolute atomic E-state index is 13.7. The van der Waals surface area contributed by atoms with E-state index >= 15 is 0 Å². The Labute approximate surface area is 121 Å². The molecule has 0 aliphatic carbocycles. The van der Waals surface area contributed by atoms with E-state index in [2.05, 4.69) is 5.32 Å². The molecule has 5 heteroatoms. The fourth-order valence-electron chi connectivity index (χ4n) is 2.08. The SMILES string of the molecule is CCNC(Cc1c(F)cccc1F)c1cc(OC)cs1. The summed E-state index contributed by atoms with van der Waals surface area (Å²) in [6.07, 6.45) is 0.274. The van der Waals surface area contributed by atoms with Gasteiger partial charge in [-0.1, -0.05) is 13.0 Å². The van der Waals surface area contributed by atoms with Crippen molar-refractivity contribution in [3.8, 4) is 5.75 Å². The van der Waals surface area contributed by atoms with Gasteiger partial charge in [0.25, 0.3) is 0 Å². The Kier molecular flexibility index (Phi) is 5.09. The number of hydrogen-bond acceptors (Lipinski definition) is 3. The van der Waals surface area contributed by atoms with Gasteiger partial charge in [0, 0.05) is 21.9 Å². The van der Waals surface area contributed by atoms with Crippen LogP contribution in [-0.2, 0) is 6.42 Å². The standard InChI is InChI=1S/C15H17F2NOS/c1-3-18-14(15-7-10(19-2)9-20-15)8-11-12(16)5-4-6-13(11)17/h4-7,9,14,18H,3,8H2,1-2H3. The molecule has 2 nitrogen and oxygen atoms in total. The van der Waals surface area contributed by atoms with Gasteiger partial charge in [0.1, 0.15) is 17.4 Å². The van der Waals surface area contributed by atoms with Crippen molar-refractivity contribution < 1.29 is 13.5 Å². The molecule has 20 heavy (non-hydrogen) atoms. The number of halogens is 2. The van der Waals surface area contributed by atoms with Gasteiger partial charge >= 0.3 is 0 Å². The van der Waals surface area contributed by atoms with Crippen LogP contribution in [0.2, 0.25) is 0 Å². The second-order valence-electron chi connectivity index (χ2n) is 4.40. The average Bonchev–Trinajstić information content (AvgIpc) is 2.90. The lowest BCUT2D eigenvalue weighted by molar-refractivity contribution is 0.415. The summed E-state index contributed by atoms with van der Waals surface area (Å²) >= 11 is 1.52. The largest absolute Gasteiger partial charge is 0.496 e. The molecule has 0 fully saturated rings. The van der Waals surface area contributed by atoms with Crippen LogP contribution in [0.5, 0.6) is 5.75 Å². The van der Waals surface area contributed by atoms with E-state index in [1.165, 1.54) is 29.5 Å². The van der Waals surface area contributed by atoms with Crippen LogP contribution >= 0.6 is 11.3 Å². The average molecular weight is 297 g/mol. The van der Waals surface area contributed by atoms with E-state index in [1.54, 1.807) is 7.11 Å². The highest BCUT2D eigenvalue weighted by atomic mass is 32.1. The summed E-state index contributed by atoms with van der Waals surface area (Å²) < 4.78 is 32.7. The predicted molar refractivity (Wildman–Crippen MR) is 77.4 cm³/mol. The van der Waals surface area contributed by atoms with E-state index in [0.29, 0.717) is 0 Å². The molecule has 1 atom stereocenters. The number of thiophene rings is 1. The van der Waals surface area contributed by atoms with Crippen molar-refractivity contribution in [1.82, 2.24) is 5.32 Å². The first-order valence-electron chi connectivity index (χ1n) is 6.44. The van der Waals surface area contributed by atoms with Crippen molar-refractivity contribution in [2.75, 3.05) is 13.7 Å². The lowest BCUT2D eigenvalue weighted by atomic mass is 10.0. The Morgan fingerprint density at radius 2 is 2.00 bits per heavy atom. The molecule has 2 rings (SSSR count). The molecule has 1 N–H and O–H groups in total. The summed E-state index contributed by atoms with van der Waals surface area (Å²) in [5.74, 6) is -0.241. The molecular formula is C15H17F2NOS. The van der Waals surface area contributed by atoms with Crippen LogP contribution in [0.15, 0.2) is 29.6 Å². The molecule has 1 heterocycles. The number of rotatable bonds is 6. The van der Waals surface area contributed by atoms with Crippen molar-refractivity contribution in [2.45, 2.75) is 19.4 Å². The summed E-state index contributed by atoms with van der Waals surface area (Å²) in [6, 6.07) is 5.73. The maximum Gasteiger partial charge on any atom is 0.129 e. The van der Waals surface area contributed by atoms with Gasteiger partial charge in [-0.3, -0.25) is 0 Å². The van der Waals surface area contributed by atoms with E-state index < -0.39 is 11.6 Å². The van der Waals surface area contributed by atoms with E-state index in [0.717, 1.165) is 17.2 Å². The molecule has 108 valence electrons. The van der Waals surface area contributed by atoms with Crippen LogP contribution in [0.4, 0.5) is 8.78 Å². The fraction of sp³-hybridized carbons (Fsp3) is 0.333. The summed E-state index contributed by atoms with van der Waals surface area (Å²) in [5.41, 5.74) is 0.116. The molecule has 0 amide bonds. The molecule has 0 aliphatic heterocycles. The molecule has 0 bridgehead atoms. The van der Waals surface area contributed by atoms with Crippen LogP contribution in [0, 0.1) is 11.6 Å². The van der Waals surface area contributed by atoms with Crippen molar-refractivity contribution in [3.05, 3.63) is 51.7 Å². The van der Waals surface area contributed by atoms with Crippen molar-refractivity contribution in [3.63, 3.8) is 0 Å². The van der Waals surface area contributed by atoms with E-state index in [1.807, 2.05) is 18.4 Å². The Morgan fingerprint density at radius 3 is 2.55 bits per heavy atom. The number of likely N-dealkylation sites (N-methyl/N-ethyl adjacent to an activating group) is 1. The van der Waals surface area contributed by atoms with Crippen LogP contribution in [-0.4, -0.2) is 13.7 Å². The quantitative estimate of drug-likeness (QED) is 0.872. The summed E-state index contributed by atoms with van der Waals surface area (Å²) in [6.45, 7) is 2.69. The topological polar surface area (TPSA) is 21.3 Å². The molecule has 0 saturated heterocycles. The number of benzene rings is 1. The van der Waals surface area contributed by atoms with Gasteiger partial charge in [-0.2, -0.15) is 0 Å². The highest BCUT2D eigenvalue weighted by Gasteiger charge is 2.18. The fourth-order valence-corrected chi connectivity index (χ4v) is 3.01. The lowest BCUT2D eigenvalue weighted by Gasteiger charge is -2.17. The van der Waals surface area contributed by atoms with Crippen LogP contribution < -0.4 is 10.1 Å². The Morgan fingerprint density at radius 1 is 1.30 bits per heavy atom. The minimum Gasteiger partial charge on any atom is -0.496 e. The van der Waals surface area contributed by atoms with Gasteiger partial charge in [0.15, 0.2) is 0 Å². The molecule has 2 aromatic rings. The zero-order valence-corrected chi connectivity index (χ0v) is 12.3. The third-order valence-electron chi connectivity index (χ3n) is 3.10. The van der Waals surface area contributed by atoms with Crippen LogP contribution in [0.25, 0.3) is 0 Å². The zero-order valence-electron chi connectivity index (χ0n) is 11.5. The number of hydrogen-bond donors (Lipinski definition) is 1. The third kappa shape index (κ3) is 3.35. The number of ether oxygens (including phenoxy) is 1. The summed E-state index contributed by atoms with van der Waals surface area (Å²) in [7, 11) is 1.60.